The Morgan fingerprint density at radius 3 is 2.26 bits per heavy atom. The molecule has 0 radical (unpaired) electrons. The molecule has 2 N–H and O–H groups in total. The summed E-state index contributed by atoms with van der Waals surface area (Å²) >= 11 is 0. The van der Waals surface area contributed by atoms with Gasteiger partial charge in [0.2, 0.25) is 0 Å². The summed E-state index contributed by atoms with van der Waals surface area (Å²) in [6.07, 6.45) is 8.45. The first kappa shape index (κ1) is 18.8. The SMILES string of the molecule is CCOc1ccc(C[NH+](C)CC(=O)NCC23CC4CC(CC(C4)C2)C3)cc1. The maximum Gasteiger partial charge on any atom is 0.275 e. The summed E-state index contributed by atoms with van der Waals surface area (Å²) in [6.45, 7) is 4.99. The molecule has 4 fully saturated rings. The molecule has 5 rings (SSSR count). The summed E-state index contributed by atoms with van der Waals surface area (Å²) < 4.78 is 5.49. The van der Waals surface area contributed by atoms with E-state index in [-0.39, 0.29) is 5.91 Å². The molecule has 1 aromatic carbocycles. The Morgan fingerprint density at radius 1 is 1.11 bits per heavy atom. The van der Waals surface area contributed by atoms with E-state index in [0.717, 1.165) is 36.6 Å². The first-order valence-corrected chi connectivity index (χ1v) is 10.8. The third-order valence-electron chi connectivity index (χ3n) is 7.03. The van der Waals surface area contributed by atoms with Crippen LogP contribution < -0.4 is 15.0 Å². The number of hydrogen-bond acceptors (Lipinski definition) is 2. The second kappa shape index (κ2) is 7.83. The van der Waals surface area contributed by atoms with Gasteiger partial charge in [-0.3, -0.25) is 4.79 Å². The lowest BCUT2D eigenvalue weighted by Gasteiger charge is -2.56. The minimum atomic E-state index is 0.203. The number of amides is 1. The summed E-state index contributed by atoms with van der Waals surface area (Å²) in [5.74, 6) is 3.95. The van der Waals surface area contributed by atoms with Gasteiger partial charge in [0.15, 0.2) is 6.54 Å². The molecule has 1 unspecified atom stereocenters. The number of hydrogen-bond donors (Lipinski definition) is 2. The van der Waals surface area contributed by atoms with Crippen LogP contribution in [0.4, 0.5) is 0 Å². The van der Waals surface area contributed by atoms with E-state index in [1.54, 1.807) is 0 Å². The lowest BCUT2D eigenvalue weighted by molar-refractivity contribution is -0.885. The largest absolute Gasteiger partial charge is 0.494 e. The summed E-state index contributed by atoms with van der Waals surface area (Å²) in [5.41, 5.74) is 1.66. The van der Waals surface area contributed by atoms with Crippen LogP contribution in [0.25, 0.3) is 0 Å². The summed E-state index contributed by atoms with van der Waals surface area (Å²) in [4.78, 5) is 13.7. The maximum atomic E-state index is 12.5. The number of carbonyl (C=O) groups excluding carboxylic acids is 1. The van der Waals surface area contributed by atoms with E-state index in [4.69, 9.17) is 4.74 Å². The van der Waals surface area contributed by atoms with Gasteiger partial charge in [0.05, 0.1) is 13.7 Å². The molecule has 1 amide bonds. The topological polar surface area (TPSA) is 42.8 Å². The molecule has 4 saturated carbocycles. The predicted molar refractivity (Wildman–Crippen MR) is 107 cm³/mol. The Hall–Kier alpha value is -1.55. The molecule has 1 atom stereocenters. The molecule has 1 aromatic rings. The first-order chi connectivity index (χ1) is 13.0. The zero-order valence-corrected chi connectivity index (χ0v) is 16.9. The smallest absolute Gasteiger partial charge is 0.275 e. The van der Waals surface area contributed by atoms with Crippen molar-refractivity contribution in [1.29, 1.82) is 0 Å². The van der Waals surface area contributed by atoms with Crippen molar-refractivity contribution in [1.82, 2.24) is 5.32 Å². The van der Waals surface area contributed by atoms with Gasteiger partial charge in [0, 0.05) is 12.1 Å². The maximum absolute atomic E-state index is 12.5. The van der Waals surface area contributed by atoms with Crippen LogP contribution in [-0.2, 0) is 11.3 Å². The van der Waals surface area contributed by atoms with Crippen molar-refractivity contribution in [2.24, 2.45) is 23.2 Å². The highest BCUT2D eigenvalue weighted by molar-refractivity contribution is 5.76. The van der Waals surface area contributed by atoms with Crippen LogP contribution in [0.2, 0.25) is 0 Å². The van der Waals surface area contributed by atoms with Crippen molar-refractivity contribution in [3.63, 3.8) is 0 Å². The van der Waals surface area contributed by atoms with E-state index in [2.05, 4.69) is 24.5 Å². The third-order valence-corrected chi connectivity index (χ3v) is 7.03. The predicted octanol–water partition coefficient (Wildman–Crippen LogP) is 2.43. The lowest BCUT2D eigenvalue weighted by Crippen LogP contribution is -3.08. The van der Waals surface area contributed by atoms with Gasteiger partial charge in [0.1, 0.15) is 12.3 Å². The van der Waals surface area contributed by atoms with Crippen molar-refractivity contribution >= 4 is 5.91 Å². The molecule has 4 heteroatoms. The van der Waals surface area contributed by atoms with Gasteiger partial charge in [-0.05, 0) is 92.9 Å². The number of carbonyl (C=O) groups is 1. The van der Waals surface area contributed by atoms with Crippen molar-refractivity contribution < 1.29 is 14.4 Å². The van der Waals surface area contributed by atoms with Crippen LogP contribution in [0.1, 0.15) is 51.0 Å². The lowest BCUT2D eigenvalue weighted by atomic mass is 9.49. The van der Waals surface area contributed by atoms with Gasteiger partial charge in [-0.25, -0.2) is 0 Å². The van der Waals surface area contributed by atoms with Gasteiger partial charge in [-0.15, -0.1) is 0 Å². The van der Waals surface area contributed by atoms with Crippen molar-refractivity contribution in [2.75, 3.05) is 26.7 Å². The highest BCUT2D eigenvalue weighted by Crippen LogP contribution is 2.59. The van der Waals surface area contributed by atoms with E-state index < -0.39 is 0 Å². The van der Waals surface area contributed by atoms with Crippen molar-refractivity contribution in [3.8, 4) is 5.75 Å². The van der Waals surface area contributed by atoms with Gasteiger partial charge in [0.25, 0.3) is 5.91 Å². The monoisotopic (exact) mass is 371 g/mol. The van der Waals surface area contributed by atoms with Crippen LogP contribution in [0.3, 0.4) is 0 Å². The molecule has 27 heavy (non-hydrogen) atoms. The van der Waals surface area contributed by atoms with E-state index in [0.29, 0.717) is 18.6 Å². The molecule has 0 spiro atoms. The van der Waals surface area contributed by atoms with Crippen molar-refractivity contribution in [3.05, 3.63) is 29.8 Å². The third kappa shape index (κ3) is 4.48. The molecule has 0 aromatic heterocycles. The van der Waals surface area contributed by atoms with Crippen LogP contribution in [0.5, 0.6) is 5.75 Å². The zero-order valence-electron chi connectivity index (χ0n) is 16.9. The zero-order chi connectivity index (χ0) is 18.9. The van der Waals surface area contributed by atoms with Gasteiger partial charge in [-0.1, -0.05) is 0 Å². The highest BCUT2D eigenvalue weighted by Gasteiger charge is 2.50. The first-order valence-electron chi connectivity index (χ1n) is 10.8. The Balaban J connectivity index is 1.23. The summed E-state index contributed by atoms with van der Waals surface area (Å²) in [7, 11) is 2.10. The quantitative estimate of drug-likeness (QED) is 0.737. The number of benzene rings is 1. The van der Waals surface area contributed by atoms with E-state index in [9.17, 15) is 4.79 Å². The van der Waals surface area contributed by atoms with Crippen LogP contribution in [0.15, 0.2) is 24.3 Å². The Kier molecular flexibility index (Phi) is 5.45. The highest BCUT2D eigenvalue weighted by atomic mass is 16.5. The molecule has 0 saturated heterocycles. The molecule has 4 bridgehead atoms. The van der Waals surface area contributed by atoms with Crippen LogP contribution in [0, 0.1) is 23.2 Å². The number of nitrogens with one attached hydrogen (secondary N) is 2. The second-order valence-corrected chi connectivity index (χ2v) is 9.58. The molecule has 4 aliphatic rings. The Morgan fingerprint density at radius 2 is 1.70 bits per heavy atom. The normalized spacial score (nSPS) is 32.3. The fraction of sp³-hybridized carbons (Fsp3) is 0.696. The van der Waals surface area contributed by atoms with E-state index in [1.165, 1.54) is 49.0 Å². The standard InChI is InChI=1S/C23H34N2O2/c1-3-27-21-6-4-17(5-7-21)14-25(2)15-22(26)24-16-23-11-18-8-19(12-23)10-20(9-18)13-23/h4-7,18-20H,3,8-16H2,1-2H3,(H,24,26)/p+1. The number of ether oxygens (including phenoxy) is 1. The minimum Gasteiger partial charge on any atom is -0.494 e. The second-order valence-electron chi connectivity index (χ2n) is 9.58. The Labute approximate surface area is 163 Å². The minimum absolute atomic E-state index is 0.203. The van der Waals surface area contributed by atoms with Gasteiger partial charge in [-0.2, -0.15) is 0 Å². The molecule has 148 valence electrons. The van der Waals surface area contributed by atoms with Crippen LogP contribution >= 0.6 is 0 Å². The summed E-state index contributed by atoms with van der Waals surface area (Å²) in [5, 5.41) is 3.30. The molecular formula is C23H35N2O2+. The molecule has 0 heterocycles. The van der Waals surface area contributed by atoms with E-state index >= 15 is 0 Å². The van der Waals surface area contributed by atoms with E-state index in [1.807, 2.05) is 19.1 Å². The average Bonchev–Trinajstić information content (AvgIpc) is 2.61. The number of rotatable bonds is 8. The number of likely N-dealkylation sites (N-methyl/N-ethyl adjacent to an activating group) is 1. The van der Waals surface area contributed by atoms with Gasteiger partial charge < -0.3 is 15.0 Å². The summed E-state index contributed by atoms with van der Waals surface area (Å²) in [6, 6.07) is 8.22. The molecule has 0 aliphatic heterocycles. The van der Waals surface area contributed by atoms with Crippen LogP contribution in [-0.4, -0.2) is 32.7 Å². The Bertz CT molecular complexity index is 620. The fourth-order valence-electron chi connectivity index (χ4n) is 6.41. The van der Waals surface area contributed by atoms with Crippen molar-refractivity contribution in [2.45, 2.75) is 52.0 Å². The number of quaternary nitrogens is 1. The van der Waals surface area contributed by atoms with Gasteiger partial charge >= 0.3 is 0 Å². The fourth-order valence-corrected chi connectivity index (χ4v) is 6.41. The molecule has 4 nitrogen and oxygen atoms in total. The average molecular weight is 372 g/mol. The molecule has 4 aliphatic carbocycles. The molecular weight excluding hydrogens is 336 g/mol.